The molecule has 5 nitrogen and oxygen atoms in total. The number of halogens is 2. The Hall–Kier alpha value is -1.08. The number of nitrogens with zero attached hydrogens (tertiary/aromatic N) is 3. The molecule has 8 heteroatoms. The second kappa shape index (κ2) is 6.67. The molecule has 0 N–H and O–H groups in total. The highest BCUT2D eigenvalue weighted by Crippen LogP contribution is 2.35. The quantitative estimate of drug-likeness (QED) is 0.805. The SMILES string of the molecule is CN([C@H]1CCCc2c1cnn2C)S(=O)(=O)Cc1ccc(Cl)c(Cl)c1. The normalized spacial score (nSPS) is 18.0. The van der Waals surface area contributed by atoms with Crippen LogP contribution >= 0.6 is 23.2 Å². The molecular formula is C16H19Cl2N3O2S. The number of hydrogen-bond donors (Lipinski definition) is 0. The maximum absolute atomic E-state index is 12.8. The Balaban J connectivity index is 1.86. The fraction of sp³-hybridized carbons (Fsp3) is 0.438. The molecular weight excluding hydrogens is 369 g/mol. The van der Waals surface area contributed by atoms with E-state index in [9.17, 15) is 8.42 Å². The van der Waals surface area contributed by atoms with Crippen molar-refractivity contribution in [1.82, 2.24) is 14.1 Å². The molecule has 1 aromatic carbocycles. The van der Waals surface area contributed by atoms with Crippen LogP contribution in [0.5, 0.6) is 0 Å². The fourth-order valence-electron chi connectivity index (χ4n) is 3.20. The van der Waals surface area contributed by atoms with Crippen LogP contribution in [-0.4, -0.2) is 29.6 Å². The van der Waals surface area contributed by atoms with Crippen LogP contribution in [0.3, 0.4) is 0 Å². The first kappa shape index (κ1) is 17.7. The molecule has 0 aliphatic heterocycles. The number of sulfonamides is 1. The number of benzene rings is 1. The van der Waals surface area contributed by atoms with Crippen LogP contribution in [0.15, 0.2) is 24.4 Å². The zero-order valence-electron chi connectivity index (χ0n) is 13.5. The maximum atomic E-state index is 12.8. The third kappa shape index (κ3) is 3.33. The average Bonchev–Trinajstić information content (AvgIpc) is 2.91. The van der Waals surface area contributed by atoms with E-state index in [2.05, 4.69) is 5.10 Å². The minimum atomic E-state index is -3.48. The summed E-state index contributed by atoms with van der Waals surface area (Å²) in [7, 11) is 0.0513. The minimum Gasteiger partial charge on any atom is -0.272 e. The Morgan fingerprint density at radius 1 is 1.33 bits per heavy atom. The molecule has 0 fully saturated rings. The first-order valence-electron chi connectivity index (χ1n) is 7.70. The molecule has 0 unspecified atom stereocenters. The third-order valence-corrected chi connectivity index (χ3v) is 7.12. The van der Waals surface area contributed by atoms with Crippen molar-refractivity contribution in [2.75, 3.05) is 7.05 Å². The first-order valence-corrected chi connectivity index (χ1v) is 10.1. The molecule has 0 saturated carbocycles. The fourth-order valence-corrected chi connectivity index (χ4v) is 4.93. The lowest BCUT2D eigenvalue weighted by atomic mass is 9.93. The molecule has 1 aromatic heterocycles. The van der Waals surface area contributed by atoms with Gasteiger partial charge in [0, 0.05) is 25.4 Å². The zero-order valence-corrected chi connectivity index (χ0v) is 15.9. The van der Waals surface area contributed by atoms with Crippen LogP contribution in [-0.2, 0) is 29.2 Å². The van der Waals surface area contributed by atoms with Gasteiger partial charge in [-0.2, -0.15) is 9.40 Å². The molecule has 0 amide bonds. The van der Waals surface area contributed by atoms with Crippen LogP contribution in [0.1, 0.15) is 35.7 Å². The van der Waals surface area contributed by atoms with Gasteiger partial charge in [0.1, 0.15) is 0 Å². The summed E-state index contributed by atoms with van der Waals surface area (Å²) in [4.78, 5) is 0. The molecule has 3 rings (SSSR count). The molecule has 1 atom stereocenters. The second-order valence-corrected chi connectivity index (χ2v) is 8.94. The van der Waals surface area contributed by atoms with E-state index in [1.165, 1.54) is 4.31 Å². The van der Waals surface area contributed by atoms with Crippen LogP contribution in [0.2, 0.25) is 10.0 Å². The van der Waals surface area contributed by atoms with Gasteiger partial charge in [-0.25, -0.2) is 8.42 Å². The Morgan fingerprint density at radius 3 is 2.79 bits per heavy atom. The van der Waals surface area contributed by atoms with Crippen molar-refractivity contribution in [3.8, 4) is 0 Å². The summed E-state index contributed by atoms with van der Waals surface area (Å²) in [5, 5.41) is 5.06. The topological polar surface area (TPSA) is 55.2 Å². The Kier molecular flexibility index (Phi) is 4.93. The van der Waals surface area contributed by atoms with E-state index in [-0.39, 0.29) is 11.8 Å². The minimum absolute atomic E-state index is 0.105. The van der Waals surface area contributed by atoms with Crippen molar-refractivity contribution in [2.45, 2.75) is 31.1 Å². The van der Waals surface area contributed by atoms with Gasteiger partial charge in [0.05, 0.1) is 28.0 Å². The van der Waals surface area contributed by atoms with E-state index < -0.39 is 10.0 Å². The predicted octanol–water partition coefficient (Wildman–Crippen LogP) is 3.57. The monoisotopic (exact) mass is 387 g/mol. The molecule has 1 aliphatic carbocycles. The number of rotatable bonds is 4. The van der Waals surface area contributed by atoms with Crippen molar-refractivity contribution in [2.24, 2.45) is 7.05 Å². The molecule has 0 spiro atoms. The summed E-state index contributed by atoms with van der Waals surface area (Å²) < 4.78 is 29.0. The maximum Gasteiger partial charge on any atom is 0.218 e. The molecule has 130 valence electrons. The third-order valence-electron chi connectivity index (χ3n) is 4.55. The first-order chi connectivity index (χ1) is 11.3. The molecule has 0 saturated heterocycles. The zero-order chi connectivity index (χ0) is 17.5. The molecule has 0 bridgehead atoms. The summed E-state index contributed by atoms with van der Waals surface area (Å²) in [5.74, 6) is -0.105. The number of aryl methyl sites for hydroxylation is 1. The summed E-state index contributed by atoms with van der Waals surface area (Å²) in [6, 6.07) is 4.74. The van der Waals surface area contributed by atoms with Gasteiger partial charge in [0.15, 0.2) is 0 Å². The lowest BCUT2D eigenvalue weighted by Gasteiger charge is -2.30. The molecule has 2 aromatic rings. The second-order valence-electron chi connectivity index (χ2n) is 6.10. The van der Waals surface area contributed by atoms with Gasteiger partial charge in [-0.3, -0.25) is 4.68 Å². The molecule has 1 aliphatic rings. The highest BCUT2D eigenvalue weighted by atomic mass is 35.5. The van der Waals surface area contributed by atoms with Crippen LogP contribution < -0.4 is 0 Å². The van der Waals surface area contributed by atoms with E-state index in [1.807, 2.05) is 11.7 Å². The Morgan fingerprint density at radius 2 is 2.08 bits per heavy atom. The Labute approximate surface area is 152 Å². The lowest BCUT2D eigenvalue weighted by Crippen LogP contribution is -2.34. The number of hydrogen-bond acceptors (Lipinski definition) is 3. The van der Waals surface area contributed by atoms with Gasteiger partial charge in [0.2, 0.25) is 10.0 Å². The summed E-state index contributed by atoms with van der Waals surface area (Å²) >= 11 is 11.9. The van der Waals surface area contributed by atoms with Gasteiger partial charge in [-0.15, -0.1) is 0 Å². The highest BCUT2D eigenvalue weighted by Gasteiger charge is 2.32. The van der Waals surface area contributed by atoms with Gasteiger partial charge in [0.25, 0.3) is 0 Å². The van der Waals surface area contributed by atoms with Crippen LogP contribution in [0.4, 0.5) is 0 Å². The van der Waals surface area contributed by atoms with E-state index in [1.54, 1.807) is 31.4 Å². The Bertz CT molecular complexity index is 864. The van der Waals surface area contributed by atoms with Crippen molar-refractivity contribution in [1.29, 1.82) is 0 Å². The molecule has 24 heavy (non-hydrogen) atoms. The largest absolute Gasteiger partial charge is 0.272 e. The van der Waals surface area contributed by atoms with Crippen molar-refractivity contribution in [3.05, 3.63) is 51.3 Å². The van der Waals surface area contributed by atoms with Gasteiger partial charge in [-0.05, 0) is 37.0 Å². The predicted molar refractivity (Wildman–Crippen MR) is 95.7 cm³/mol. The van der Waals surface area contributed by atoms with Crippen molar-refractivity contribution < 1.29 is 8.42 Å². The van der Waals surface area contributed by atoms with E-state index in [0.717, 1.165) is 30.5 Å². The summed E-state index contributed by atoms with van der Waals surface area (Å²) in [6.07, 6.45) is 4.47. The van der Waals surface area contributed by atoms with Crippen molar-refractivity contribution in [3.63, 3.8) is 0 Å². The van der Waals surface area contributed by atoms with Crippen LogP contribution in [0, 0.1) is 0 Å². The summed E-state index contributed by atoms with van der Waals surface area (Å²) in [5.41, 5.74) is 2.74. The lowest BCUT2D eigenvalue weighted by molar-refractivity contribution is 0.334. The average molecular weight is 388 g/mol. The smallest absolute Gasteiger partial charge is 0.218 e. The van der Waals surface area contributed by atoms with Gasteiger partial charge >= 0.3 is 0 Å². The standard InChI is InChI=1S/C16H19Cl2N3O2S/c1-20-15-4-3-5-16(12(15)9-19-20)21(2)24(22,23)10-11-6-7-13(17)14(18)8-11/h6-9,16H,3-5,10H2,1-2H3/t16-/m0/s1. The van der Waals surface area contributed by atoms with E-state index in [4.69, 9.17) is 23.2 Å². The van der Waals surface area contributed by atoms with Crippen molar-refractivity contribution >= 4 is 33.2 Å². The highest BCUT2D eigenvalue weighted by molar-refractivity contribution is 7.88. The van der Waals surface area contributed by atoms with Crippen LogP contribution in [0.25, 0.3) is 0 Å². The molecule has 0 radical (unpaired) electrons. The summed E-state index contributed by atoms with van der Waals surface area (Å²) in [6.45, 7) is 0. The number of fused-ring (bicyclic) bond motifs is 1. The number of aromatic nitrogens is 2. The van der Waals surface area contributed by atoms with E-state index >= 15 is 0 Å². The molecule has 1 heterocycles. The van der Waals surface area contributed by atoms with E-state index in [0.29, 0.717) is 15.6 Å². The van der Waals surface area contributed by atoms with Gasteiger partial charge < -0.3 is 0 Å². The van der Waals surface area contributed by atoms with Gasteiger partial charge in [-0.1, -0.05) is 29.3 Å².